The summed E-state index contributed by atoms with van der Waals surface area (Å²) >= 11 is 7.49. The van der Waals surface area contributed by atoms with Crippen molar-refractivity contribution < 1.29 is 19.1 Å². The van der Waals surface area contributed by atoms with Crippen LogP contribution in [0.1, 0.15) is 22.1 Å². The van der Waals surface area contributed by atoms with Crippen LogP contribution in [-0.2, 0) is 20.7 Å². The van der Waals surface area contributed by atoms with Gasteiger partial charge in [-0.05, 0) is 40.5 Å². The molecule has 0 unspecified atom stereocenters. The number of benzene rings is 3. The third-order valence-corrected chi connectivity index (χ3v) is 7.31. The molecule has 1 heterocycles. The first-order valence-electron chi connectivity index (χ1n) is 11.5. The number of nitrogens with zero attached hydrogens (tertiary/aromatic N) is 1. The van der Waals surface area contributed by atoms with Crippen LogP contribution in [0.2, 0.25) is 5.02 Å². The van der Waals surface area contributed by atoms with Crippen molar-refractivity contribution >= 4 is 45.2 Å². The van der Waals surface area contributed by atoms with E-state index in [2.05, 4.69) is 41.1 Å². The molecule has 0 fully saturated rings. The normalized spacial score (nSPS) is 13.0. The zero-order valence-electron chi connectivity index (χ0n) is 19.3. The predicted octanol–water partition coefficient (Wildman–Crippen LogP) is 6.13. The van der Waals surface area contributed by atoms with E-state index in [9.17, 15) is 9.59 Å². The van der Waals surface area contributed by atoms with Crippen LogP contribution in [0.15, 0.2) is 79.4 Å². The summed E-state index contributed by atoms with van der Waals surface area (Å²) in [5.41, 5.74) is 5.29. The fraction of sp³-hybridized carbons (Fsp3) is 0.179. The Kier molecular flexibility index (Phi) is 7.02. The molecule has 182 valence electrons. The quantitative estimate of drug-likeness (QED) is 0.224. The highest BCUT2D eigenvalue weighted by Gasteiger charge is 2.30. The van der Waals surface area contributed by atoms with Crippen molar-refractivity contribution in [3.8, 4) is 11.1 Å². The molecule has 1 aliphatic rings. The zero-order valence-corrected chi connectivity index (χ0v) is 20.9. The minimum absolute atomic E-state index is 0.0388. The maximum Gasteiger partial charge on any atom is 0.407 e. The topological polar surface area (TPSA) is 77.5 Å². The van der Waals surface area contributed by atoms with Crippen LogP contribution in [0.3, 0.4) is 0 Å². The lowest BCUT2D eigenvalue weighted by Crippen LogP contribution is -2.44. The number of carbonyl (C=O) groups is 2. The molecule has 0 saturated heterocycles. The zero-order chi connectivity index (χ0) is 25.1. The summed E-state index contributed by atoms with van der Waals surface area (Å²) in [5, 5.41) is 3.95. The van der Waals surface area contributed by atoms with Crippen molar-refractivity contribution in [3.63, 3.8) is 0 Å². The SMILES string of the molecule is C=CCOC(=O)[C@H](Cc1nc2ccc(Cl)cc2s1)NC(=O)OCC1c2ccccc2-c2ccccc21. The van der Waals surface area contributed by atoms with Crippen molar-refractivity contribution in [1.82, 2.24) is 10.3 Å². The van der Waals surface area contributed by atoms with Crippen LogP contribution in [0.4, 0.5) is 4.79 Å². The average molecular weight is 519 g/mol. The van der Waals surface area contributed by atoms with Gasteiger partial charge in [-0.25, -0.2) is 14.6 Å². The number of hydrogen-bond acceptors (Lipinski definition) is 6. The van der Waals surface area contributed by atoms with Gasteiger partial charge in [0.2, 0.25) is 0 Å². The van der Waals surface area contributed by atoms with Crippen molar-refractivity contribution in [2.24, 2.45) is 0 Å². The number of fused-ring (bicyclic) bond motifs is 4. The Balaban J connectivity index is 1.30. The Hall–Kier alpha value is -3.68. The van der Waals surface area contributed by atoms with Crippen LogP contribution in [0, 0.1) is 0 Å². The molecule has 3 aromatic carbocycles. The van der Waals surface area contributed by atoms with E-state index in [1.165, 1.54) is 17.4 Å². The van der Waals surface area contributed by atoms with Crippen LogP contribution in [0.5, 0.6) is 0 Å². The number of rotatable bonds is 8. The van der Waals surface area contributed by atoms with E-state index < -0.39 is 18.1 Å². The van der Waals surface area contributed by atoms with Gasteiger partial charge in [-0.3, -0.25) is 0 Å². The molecule has 1 N–H and O–H groups in total. The average Bonchev–Trinajstić information content (AvgIpc) is 3.43. The summed E-state index contributed by atoms with van der Waals surface area (Å²) in [7, 11) is 0. The van der Waals surface area contributed by atoms with Crippen LogP contribution in [-0.4, -0.2) is 36.3 Å². The van der Waals surface area contributed by atoms with E-state index >= 15 is 0 Å². The molecule has 0 radical (unpaired) electrons. The number of thiazole rings is 1. The van der Waals surface area contributed by atoms with E-state index in [-0.39, 0.29) is 25.6 Å². The molecular formula is C28H23ClN2O4S. The number of alkyl carbamates (subject to hydrolysis) is 1. The molecule has 0 aliphatic heterocycles. The predicted molar refractivity (Wildman–Crippen MR) is 141 cm³/mol. The Labute approximate surface area is 217 Å². The van der Waals surface area contributed by atoms with Gasteiger partial charge in [0.15, 0.2) is 0 Å². The molecule has 1 amide bonds. The molecule has 0 spiro atoms. The minimum Gasteiger partial charge on any atom is -0.460 e. The number of aromatic nitrogens is 1. The van der Waals surface area contributed by atoms with Gasteiger partial charge in [0.05, 0.1) is 15.2 Å². The molecule has 5 rings (SSSR count). The van der Waals surface area contributed by atoms with E-state index in [4.69, 9.17) is 21.1 Å². The van der Waals surface area contributed by atoms with Crippen LogP contribution < -0.4 is 5.32 Å². The van der Waals surface area contributed by atoms with E-state index in [1.54, 1.807) is 6.07 Å². The first-order valence-corrected chi connectivity index (χ1v) is 12.7. The van der Waals surface area contributed by atoms with Crippen molar-refractivity contribution in [3.05, 3.63) is 101 Å². The lowest BCUT2D eigenvalue weighted by Gasteiger charge is -2.18. The van der Waals surface area contributed by atoms with E-state index in [1.807, 2.05) is 36.4 Å². The number of halogens is 1. The second kappa shape index (κ2) is 10.5. The number of nitrogens with one attached hydrogen (secondary N) is 1. The summed E-state index contributed by atoms with van der Waals surface area (Å²) in [6, 6.07) is 20.7. The summed E-state index contributed by atoms with van der Waals surface area (Å²) in [4.78, 5) is 30.1. The number of ether oxygens (including phenoxy) is 2. The lowest BCUT2D eigenvalue weighted by molar-refractivity contribution is -0.144. The monoisotopic (exact) mass is 518 g/mol. The number of esters is 1. The minimum atomic E-state index is -0.961. The third kappa shape index (κ3) is 4.98. The van der Waals surface area contributed by atoms with Gasteiger partial charge in [0.1, 0.15) is 19.3 Å². The van der Waals surface area contributed by atoms with Crippen molar-refractivity contribution in [1.29, 1.82) is 0 Å². The summed E-state index contributed by atoms with van der Waals surface area (Å²) in [6.45, 7) is 3.76. The second-order valence-corrected chi connectivity index (χ2v) is 9.92. The van der Waals surface area contributed by atoms with Gasteiger partial charge >= 0.3 is 12.1 Å². The van der Waals surface area contributed by atoms with Crippen molar-refractivity contribution in [2.45, 2.75) is 18.4 Å². The highest BCUT2D eigenvalue weighted by molar-refractivity contribution is 7.18. The molecule has 36 heavy (non-hydrogen) atoms. The van der Waals surface area contributed by atoms with Gasteiger partial charge in [0.25, 0.3) is 0 Å². The van der Waals surface area contributed by atoms with E-state index in [0.29, 0.717) is 10.0 Å². The number of amides is 1. The molecule has 1 atom stereocenters. The highest BCUT2D eigenvalue weighted by Crippen LogP contribution is 2.44. The maximum absolute atomic E-state index is 12.8. The molecule has 0 saturated carbocycles. The first kappa shape index (κ1) is 24.0. The molecular weight excluding hydrogens is 496 g/mol. The fourth-order valence-electron chi connectivity index (χ4n) is 4.43. The molecule has 0 bridgehead atoms. The molecule has 1 aliphatic carbocycles. The van der Waals surface area contributed by atoms with Gasteiger partial charge in [-0.2, -0.15) is 0 Å². The highest BCUT2D eigenvalue weighted by atomic mass is 35.5. The van der Waals surface area contributed by atoms with Gasteiger partial charge in [-0.15, -0.1) is 11.3 Å². The Morgan fingerprint density at radius 2 is 1.75 bits per heavy atom. The molecule has 4 aromatic rings. The summed E-state index contributed by atoms with van der Waals surface area (Å²) in [6.07, 6.45) is 0.945. The molecule has 1 aromatic heterocycles. The summed E-state index contributed by atoms with van der Waals surface area (Å²) < 4.78 is 11.7. The third-order valence-electron chi connectivity index (χ3n) is 6.04. The Morgan fingerprint density at radius 1 is 1.06 bits per heavy atom. The first-order chi connectivity index (χ1) is 17.5. The Bertz CT molecular complexity index is 1410. The summed E-state index contributed by atoms with van der Waals surface area (Å²) in [5.74, 6) is -0.663. The van der Waals surface area contributed by atoms with Crippen molar-refractivity contribution in [2.75, 3.05) is 13.2 Å². The standard InChI is InChI=1S/C28H23ClN2O4S/c1-2-13-34-27(32)24(15-26-30-23-12-11-17(29)14-25(23)36-26)31-28(33)35-16-22-20-9-5-3-7-18(20)19-8-4-6-10-21(19)22/h2-12,14,22,24H,1,13,15-16H2,(H,31,33)/t24-/m0/s1. The van der Waals surface area contributed by atoms with E-state index in [0.717, 1.165) is 32.5 Å². The number of carbonyl (C=O) groups excluding carboxylic acids is 2. The fourth-order valence-corrected chi connectivity index (χ4v) is 5.71. The van der Waals surface area contributed by atoms with Crippen LogP contribution >= 0.6 is 22.9 Å². The van der Waals surface area contributed by atoms with Gasteiger partial charge in [-0.1, -0.05) is 72.8 Å². The molecule has 6 nitrogen and oxygen atoms in total. The largest absolute Gasteiger partial charge is 0.460 e. The lowest BCUT2D eigenvalue weighted by atomic mass is 9.98. The maximum atomic E-state index is 12.8. The van der Waals surface area contributed by atoms with Gasteiger partial charge < -0.3 is 14.8 Å². The number of hydrogen-bond donors (Lipinski definition) is 1. The van der Waals surface area contributed by atoms with Gasteiger partial charge in [0, 0.05) is 17.4 Å². The second-order valence-electron chi connectivity index (χ2n) is 8.36. The smallest absolute Gasteiger partial charge is 0.407 e. The Morgan fingerprint density at radius 3 is 2.44 bits per heavy atom. The molecule has 8 heteroatoms. The van der Waals surface area contributed by atoms with Crippen LogP contribution in [0.25, 0.3) is 21.3 Å².